The zero-order valence-electron chi connectivity index (χ0n) is 20.1. The first-order valence-electron chi connectivity index (χ1n) is 12.4. The fourth-order valence-electron chi connectivity index (χ4n) is 5.52. The Balaban J connectivity index is 1.20. The zero-order chi connectivity index (χ0) is 23.7. The van der Waals surface area contributed by atoms with Crippen molar-refractivity contribution >= 4 is 11.7 Å². The number of amides is 1. The summed E-state index contributed by atoms with van der Waals surface area (Å²) >= 11 is 0. The molecule has 1 aliphatic carbocycles. The second-order valence-electron chi connectivity index (χ2n) is 9.74. The Kier molecular flexibility index (Phi) is 6.38. The molecule has 1 aromatic heterocycles. The Labute approximate surface area is 201 Å². The predicted octanol–water partition coefficient (Wildman–Crippen LogP) is 4.66. The summed E-state index contributed by atoms with van der Waals surface area (Å²) in [6, 6.07) is 18.3. The van der Waals surface area contributed by atoms with Gasteiger partial charge in [-0.05, 0) is 87.4 Å². The number of nitrogens with one attached hydrogen (secondary N) is 1. The Bertz CT molecular complexity index is 1200. The summed E-state index contributed by atoms with van der Waals surface area (Å²) in [6.07, 6.45) is 5.28. The maximum absolute atomic E-state index is 13.2. The fraction of sp³-hybridized carbons (Fsp3) is 0.379. The molecule has 2 aliphatic rings. The van der Waals surface area contributed by atoms with Crippen molar-refractivity contribution in [3.8, 4) is 5.69 Å². The first-order chi connectivity index (χ1) is 16.5. The quantitative estimate of drug-likeness (QED) is 0.550. The number of hydrogen-bond acceptors (Lipinski definition) is 3. The average molecular weight is 456 g/mol. The standard InChI is InChI=1S/C29H33N3O2/c1-20-17-27(21(2)32(20)26-12-11-22-9-6-10-24(22)18-26)28(33)19-31-15-13-25(14-16-31)30-29(34)23-7-4-3-5-8-23/h3-5,7-8,11-12,17-18,25H,6,9-10,13-16,19H2,1-2H3,(H,30,34). The lowest BCUT2D eigenvalue weighted by atomic mass is 10.0. The van der Waals surface area contributed by atoms with Crippen molar-refractivity contribution in [1.82, 2.24) is 14.8 Å². The van der Waals surface area contributed by atoms with Crippen LogP contribution in [0.3, 0.4) is 0 Å². The summed E-state index contributed by atoms with van der Waals surface area (Å²) in [5.41, 5.74) is 7.69. The van der Waals surface area contributed by atoms with Crippen LogP contribution >= 0.6 is 0 Å². The van der Waals surface area contributed by atoms with E-state index in [9.17, 15) is 9.59 Å². The molecule has 2 heterocycles. The Morgan fingerprint density at radius 3 is 2.44 bits per heavy atom. The largest absolute Gasteiger partial charge is 0.349 e. The van der Waals surface area contributed by atoms with Gasteiger partial charge in [-0.2, -0.15) is 0 Å². The maximum Gasteiger partial charge on any atom is 0.251 e. The molecule has 0 unspecified atom stereocenters. The smallest absolute Gasteiger partial charge is 0.251 e. The van der Waals surface area contributed by atoms with E-state index in [1.54, 1.807) is 0 Å². The van der Waals surface area contributed by atoms with Crippen molar-refractivity contribution in [1.29, 1.82) is 0 Å². The van der Waals surface area contributed by atoms with Crippen LogP contribution in [-0.4, -0.2) is 46.8 Å². The van der Waals surface area contributed by atoms with Crippen LogP contribution in [-0.2, 0) is 12.8 Å². The van der Waals surface area contributed by atoms with Crippen molar-refractivity contribution in [2.45, 2.75) is 52.0 Å². The van der Waals surface area contributed by atoms with Crippen molar-refractivity contribution in [2.75, 3.05) is 19.6 Å². The van der Waals surface area contributed by atoms with Crippen LogP contribution in [0.1, 0.15) is 62.5 Å². The van der Waals surface area contributed by atoms with Gasteiger partial charge in [0.2, 0.25) is 0 Å². The van der Waals surface area contributed by atoms with Crippen molar-refractivity contribution < 1.29 is 9.59 Å². The lowest BCUT2D eigenvalue weighted by Gasteiger charge is -2.31. The predicted molar refractivity (Wildman–Crippen MR) is 135 cm³/mol. The third kappa shape index (κ3) is 4.58. The van der Waals surface area contributed by atoms with Gasteiger partial charge in [0.05, 0.1) is 6.54 Å². The minimum Gasteiger partial charge on any atom is -0.349 e. The number of carbonyl (C=O) groups excluding carboxylic acids is 2. The molecule has 1 amide bonds. The number of ketones is 1. The van der Waals surface area contributed by atoms with E-state index >= 15 is 0 Å². The highest BCUT2D eigenvalue weighted by Gasteiger charge is 2.25. The molecule has 1 fully saturated rings. The highest BCUT2D eigenvalue weighted by molar-refractivity contribution is 5.99. The molecule has 0 bridgehead atoms. The topological polar surface area (TPSA) is 54.3 Å². The SMILES string of the molecule is Cc1cc(C(=O)CN2CCC(NC(=O)c3ccccc3)CC2)c(C)n1-c1ccc2c(c1)CCC2. The molecule has 0 spiro atoms. The molecule has 5 rings (SSSR count). The number of hydrogen-bond donors (Lipinski definition) is 1. The number of likely N-dealkylation sites (tertiary alicyclic amines) is 1. The van der Waals surface area contributed by atoms with Gasteiger partial charge in [-0.1, -0.05) is 24.3 Å². The zero-order valence-corrected chi connectivity index (χ0v) is 20.1. The van der Waals surface area contributed by atoms with E-state index in [1.807, 2.05) is 36.4 Å². The summed E-state index contributed by atoms with van der Waals surface area (Å²) in [5, 5.41) is 3.14. The van der Waals surface area contributed by atoms with Gasteiger partial charge in [0.15, 0.2) is 5.78 Å². The Morgan fingerprint density at radius 1 is 0.941 bits per heavy atom. The van der Waals surface area contributed by atoms with Gasteiger partial charge >= 0.3 is 0 Å². The summed E-state index contributed by atoms with van der Waals surface area (Å²) in [5.74, 6) is 0.154. The van der Waals surface area contributed by atoms with Crippen molar-refractivity contribution in [3.63, 3.8) is 0 Å². The monoisotopic (exact) mass is 455 g/mol. The molecule has 176 valence electrons. The molecule has 1 N–H and O–H groups in total. The van der Waals surface area contributed by atoms with Crippen LogP contribution in [0.15, 0.2) is 54.6 Å². The van der Waals surface area contributed by atoms with Crippen LogP contribution in [0.25, 0.3) is 5.69 Å². The number of piperidine rings is 1. The third-order valence-corrected chi connectivity index (χ3v) is 7.40. The molecule has 5 nitrogen and oxygen atoms in total. The first kappa shape index (κ1) is 22.6. The number of aryl methyl sites for hydroxylation is 3. The number of aromatic nitrogens is 1. The van der Waals surface area contributed by atoms with Gasteiger partial charge in [-0.15, -0.1) is 0 Å². The number of rotatable bonds is 6. The molecule has 1 aliphatic heterocycles. The summed E-state index contributed by atoms with van der Waals surface area (Å²) in [4.78, 5) is 27.9. The summed E-state index contributed by atoms with van der Waals surface area (Å²) < 4.78 is 2.22. The van der Waals surface area contributed by atoms with Crippen LogP contribution in [0, 0.1) is 13.8 Å². The molecule has 1 saturated heterocycles. The van der Waals surface area contributed by atoms with Gasteiger partial charge in [0.25, 0.3) is 5.91 Å². The van der Waals surface area contributed by atoms with Crippen molar-refractivity contribution in [3.05, 3.63) is 88.2 Å². The van der Waals surface area contributed by atoms with Gasteiger partial charge in [-0.3, -0.25) is 14.5 Å². The van der Waals surface area contributed by atoms with Gasteiger partial charge in [0, 0.05) is 47.3 Å². The lowest BCUT2D eigenvalue weighted by Crippen LogP contribution is -2.46. The van der Waals surface area contributed by atoms with Crippen LogP contribution in [0.5, 0.6) is 0 Å². The molecule has 3 aromatic rings. The van der Waals surface area contributed by atoms with E-state index in [0.717, 1.165) is 55.0 Å². The van der Waals surface area contributed by atoms with E-state index in [0.29, 0.717) is 12.1 Å². The third-order valence-electron chi connectivity index (χ3n) is 7.40. The minimum absolute atomic E-state index is 0.0193. The molecular weight excluding hydrogens is 422 g/mol. The molecule has 34 heavy (non-hydrogen) atoms. The number of fused-ring (bicyclic) bond motifs is 1. The molecule has 0 atom stereocenters. The summed E-state index contributed by atoms with van der Waals surface area (Å²) in [6.45, 7) is 6.19. The second-order valence-corrected chi connectivity index (χ2v) is 9.74. The first-order valence-corrected chi connectivity index (χ1v) is 12.4. The highest BCUT2D eigenvalue weighted by Crippen LogP contribution is 2.28. The molecular formula is C29H33N3O2. The average Bonchev–Trinajstić information content (AvgIpc) is 3.44. The molecule has 5 heteroatoms. The highest BCUT2D eigenvalue weighted by atomic mass is 16.1. The van der Waals surface area contributed by atoms with Crippen LogP contribution in [0.2, 0.25) is 0 Å². The minimum atomic E-state index is -0.0193. The van der Waals surface area contributed by atoms with Crippen LogP contribution < -0.4 is 5.32 Å². The normalized spacial score (nSPS) is 16.4. The lowest BCUT2D eigenvalue weighted by molar-refractivity contribution is 0.0858. The molecule has 2 aromatic carbocycles. The number of carbonyl (C=O) groups is 2. The fourth-order valence-corrected chi connectivity index (χ4v) is 5.52. The van der Waals surface area contributed by atoms with E-state index < -0.39 is 0 Å². The van der Waals surface area contributed by atoms with E-state index in [2.05, 4.69) is 46.8 Å². The van der Waals surface area contributed by atoms with E-state index in [4.69, 9.17) is 0 Å². The Morgan fingerprint density at radius 2 is 1.68 bits per heavy atom. The maximum atomic E-state index is 13.2. The Hall–Kier alpha value is -3.18. The number of benzene rings is 2. The van der Waals surface area contributed by atoms with Gasteiger partial charge < -0.3 is 9.88 Å². The van der Waals surface area contributed by atoms with E-state index in [1.165, 1.54) is 24.0 Å². The summed E-state index contributed by atoms with van der Waals surface area (Å²) in [7, 11) is 0. The second kappa shape index (κ2) is 9.59. The van der Waals surface area contributed by atoms with Crippen molar-refractivity contribution in [2.24, 2.45) is 0 Å². The van der Waals surface area contributed by atoms with Gasteiger partial charge in [-0.25, -0.2) is 0 Å². The number of Topliss-reactive ketones (excluding diaryl/α,β-unsaturated/α-hetero) is 1. The molecule has 0 radical (unpaired) electrons. The molecule has 0 saturated carbocycles. The van der Waals surface area contributed by atoms with Crippen LogP contribution in [0.4, 0.5) is 0 Å². The van der Waals surface area contributed by atoms with E-state index in [-0.39, 0.29) is 17.7 Å². The van der Waals surface area contributed by atoms with Gasteiger partial charge in [0.1, 0.15) is 0 Å². The number of nitrogens with zero attached hydrogens (tertiary/aromatic N) is 2.